The van der Waals surface area contributed by atoms with Gasteiger partial charge in [0.2, 0.25) is 15.9 Å². The average Bonchev–Trinajstić information content (AvgIpc) is 3.18. The molecule has 0 aliphatic rings. The van der Waals surface area contributed by atoms with Gasteiger partial charge in [-0.15, -0.1) is 11.3 Å². The largest absolute Gasteiger partial charge is 0.332 e. The summed E-state index contributed by atoms with van der Waals surface area (Å²) >= 11 is 1.61. The monoisotopic (exact) mass is 470 g/mol. The van der Waals surface area contributed by atoms with Crippen LogP contribution in [0.4, 0.5) is 0 Å². The van der Waals surface area contributed by atoms with Crippen LogP contribution in [-0.2, 0) is 27.9 Å². The molecule has 0 saturated carbocycles. The molecular formula is C25H30N2O3S2. The first-order valence-corrected chi connectivity index (χ1v) is 13.0. The molecule has 3 aromatic rings. The summed E-state index contributed by atoms with van der Waals surface area (Å²) in [6.45, 7) is 6.86. The van der Waals surface area contributed by atoms with Gasteiger partial charge >= 0.3 is 0 Å². The van der Waals surface area contributed by atoms with Crippen molar-refractivity contribution in [3.05, 3.63) is 87.6 Å². The molecule has 1 amide bonds. The normalized spacial score (nSPS) is 11.6. The highest BCUT2D eigenvalue weighted by atomic mass is 32.2. The summed E-state index contributed by atoms with van der Waals surface area (Å²) in [5.74, 6) is -0.203. The molecule has 0 radical (unpaired) electrons. The molecule has 1 aromatic heterocycles. The first kappa shape index (κ1) is 24.2. The maximum absolute atomic E-state index is 13.4. The van der Waals surface area contributed by atoms with Gasteiger partial charge in [-0.05, 0) is 55.0 Å². The van der Waals surface area contributed by atoms with Gasteiger partial charge in [-0.1, -0.05) is 55.0 Å². The maximum Gasteiger partial charge on any atom is 0.243 e. The summed E-state index contributed by atoms with van der Waals surface area (Å²) in [6, 6.07) is 18.6. The fourth-order valence-corrected chi connectivity index (χ4v) is 5.82. The standard InChI is InChI=1S/C25H30N2O3S2/c1-4-15-27(32(29,30)23-12-10-20(2)11-13-23)19-25(28)26(17-22-8-6-5-7-9-22)18-24-21(3)14-16-31-24/h5-14,16H,4,15,17-19H2,1-3H3. The minimum absolute atomic E-state index is 0.179. The van der Waals surface area contributed by atoms with Gasteiger partial charge in [0.15, 0.2) is 0 Å². The van der Waals surface area contributed by atoms with Crippen molar-refractivity contribution in [1.82, 2.24) is 9.21 Å². The molecule has 0 spiro atoms. The first-order chi connectivity index (χ1) is 15.3. The highest BCUT2D eigenvalue weighted by Gasteiger charge is 2.28. The van der Waals surface area contributed by atoms with E-state index in [1.165, 1.54) is 4.31 Å². The number of hydrogen-bond acceptors (Lipinski definition) is 4. The Bertz CT molecular complexity index is 1120. The molecule has 5 nitrogen and oxygen atoms in total. The van der Waals surface area contributed by atoms with Gasteiger partial charge in [-0.3, -0.25) is 4.79 Å². The van der Waals surface area contributed by atoms with Crippen molar-refractivity contribution in [1.29, 1.82) is 0 Å². The Morgan fingerprint density at radius 3 is 2.22 bits per heavy atom. The van der Waals surface area contributed by atoms with E-state index in [0.29, 0.717) is 26.1 Å². The van der Waals surface area contributed by atoms with E-state index in [2.05, 4.69) is 0 Å². The third-order valence-corrected chi connectivity index (χ3v) is 8.18. The summed E-state index contributed by atoms with van der Waals surface area (Å²) in [5, 5.41) is 2.01. The molecule has 0 atom stereocenters. The Kier molecular flexibility index (Phi) is 8.23. The third kappa shape index (κ3) is 6.06. The zero-order valence-electron chi connectivity index (χ0n) is 18.8. The number of sulfonamides is 1. The molecule has 3 rings (SSSR count). The Hall–Kier alpha value is -2.48. The second-order valence-corrected chi connectivity index (χ2v) is 10.9. The lowest BCUT2D eigenvalue weighted by molar-refractivity contribution is -0.132. The van der Waals surface area contributed by atoms with Crippen LogP contribution >= 0.6 is 11.3 Å². The first-order valence-electron chi connectivity index (χ1n) is 10.7. The third-order valence-electron chi connectivity index (χ3n) is 5.31. The van der Waals surface area contributed by atoms with Crippen LogP contribution in [0.1, 0.15) is 34.9 Å². The van der Waals surface area contributed by atoms with Gasteiger partial charge in [0.1, 0.15) is 0 Å². The van der Waals surface area contributed by atoms with Gasteiger partial charge in [0, 0.05) is 18.0 Å². The van der Waals surface area contributed by atoms with Crippen molar-refractivity contribution >= 4 is 27.3 Å². The molecule has 1 heterocycles. The molecular weight excluding hydrogens is 440 g/mol. The number of benzene rings is 2. The SMILES string of the molecule is CCCN(CC(=O)N(Cc1ccccc1)Cc1sccc1C)S(=O)(=O)c1ccc(C)cc1. The minimum atomic E-state index is -3.76. The second-order valence-electron chi connectivity index (χ2n) is 7.91. The number of thiophene rings is 1. The van der Waals surface area contributed by atoms with Crippen LogP contribution in [0.25, 0.3) is 0 Å². The van der Waals surface area contributed by atoms with E-state index < -0.39 is 10.0 Å². The molecule has 0 aliphatic carbocycles. The summed E-state index contributed by atoms with van der Waals surface area (Å²) in [5.41, 5.74) is 3.14. The Morgan fingerprint density at radius 1 is 0.938 bits per heavy atom. The molecule has 0 N–H and O–H groups in total. The van der Waals surface area contributed by atoms with Crippen LogP contribution in [0.15, 0.2) is 70.9 Å². The number of rotatable bonds is 10. The average molecular weight is 471 g/mol. The van der Waals surface area contributed by atoms with Crippen molar-refractivity contribution in [3.8, 4) is 0 Å². The molecule has 0 unspecified atom stereocenters. The van der Waals surface area contributed by atoms with Crippen LogP contribution in [0.2, 0.25) is 0 Å². The Balaban J connectivity index is 1.85. The van der Waals surface area contributed by atoms with E-state index in [0.717, 1.165) is 21.6 Å². The molecule has 7 heteroatoms. The fourth-order valence-electron chi connectivity index (χ4n) is 3.42. The van der Waals surface area contributed by atoms with Crippen molar-refractivity contribution in [2.45, 2.75) is 45.2 Å². The summed E-state index contributed by atoms with van der Waals surface area (Å²) < 4.78 is 27.9. The quantitative estimate of drug-likeness (QED) is 0.419. The van der Waals surface area contributed by atoms with Crippen molar-refractivity contribution in [3.63, 3.8) is 0 Å². The van der Waals surface area contributed by atoms with E-state index >= 15 is 0 Å². The number of amides is 1. The highest BCUT2D eigenvalue weighted by molar-refractivity contribution is 7.89. The zero-order valence-corrected chi connectivity index (χ0v) is 20.5. The van der Waals surface area contributed by atoms with Crippen molar-refractivity contribution in [2.75, 3.05) is 13.1 Å². The van der Waals surface area contributed by atoms with Gasteiger partial charge in [-0.25, -0.2) is 8.42 Å². The van der Waals surface area contributed by atoms with E-state index in [1.807, 2.05) is 62.5 Å². The van der Waals surface area contributed by atoms with Crippen LogP contribution in [-0.4, -0.2) is 36.6 Å². The molecule has 0 aliphatic heterocycles. The Labute approximate surface area is 195 Å². The topological polar surface area (TPSA) is 57.7 Å². The number of carbonyl (C=O) groups is 1. The van der Waals surface area contributed by atoms with Crippen molar-refractivity contribution in [2.24, 2.45) is 0 Å². The highest BCUT2D eigenvalue weighted by Crippen LogP contribution is 2.21. The van der Waals surface area contributed by atoms with Crippen LogP contribution in [0.3, 0.4) is 0 Å². The predicted octanol–water partition coefficient (Wildman–Crippen LogP) is 4.99. The van der Waals surface area contributed by atoms with Gasteiger partial charge in [0.05, 0.1) is 18.0 Å². The van der Waals surface area contributed by atoms with Crippen LogP contribution < -0.4 is 0 Å². The molecule has 170 valence electrons. The zero-order chi connectivity index (χ0) is 23.1. The van der Waals surface area contributed by atoms with Crippen LogP contribution in [0.5, 0.6) is 0 Å². The second kappa shape index (κ2) is 10.9. The molecule has 0 fully saturated rings. The summed E-state index contributed by atoms with van der Waals surface area (Å²) in [6.07, 6.45) is 0.626. The maximum atomic E-state index is 13.4. The molecule has 0 bridgehead atoms. The lowest BCUT2D eigenvalue weighted by Gasteiger charge is -2.27. The van der Waals surface area contributed by atoms with Gasteiger partial charge in [-0.2, -0.15) is 4.31 Å². The van der Waals surface area contributed by atoms with Crippen LogP contribution in [0, 0.1) is 13.8 Å². The van der Waals surface area contributed by atoms with Crippen molar-refractivity contribution < 1.29 is 13.2 Å². The minimum Gasteiger partial charge on any atom is -0.332 e. The smallest absolute Gasteiger partial charge is 0.243 e. The van der Waals surface area contributed by atoms with Gasteiger partial charge in [0.25, 0.3) is 0 Å². The van der Waals surface area contributed by atoms with E-state index in [9.17, 15) is 13.2 Å². The molecule has 32 heavy (non-hydrogen) atoms. The van der Waals surface area contributed by atoms with E-state index in [4.69, 9.17) is 0 Å². The number of aryl methyl sites for hydroxylation is 2. The van der Waals surface area contributed by atoms with Gasteiger partial charge < -0.3 is 4.90 Å². The molecule has 2 aromatic carbocycles. The van der Waals surface area contributed by atoms with E-state index in [-0.39, 0.29) is 17.3 Å². The predicted molar refractivity (Wildman–Crippen MR) is 130 cm³/mol. The van der Waals surface area contributed by atoms with E-state index in [1.54, 1.807) is 40.5 Å². The summed E-state index contributed by atoms with van der Waals surface area (Å²) in [7, 11) is -3.76. The fraction of sp³-hybridized carbons (Fsp3) is 0.320. The molecule has 0 saturated heterocycles. The number of hydrogen-bond donors (Lipinski definition) is 0. The Morgan fingerprint density at radius 2 is 1.62 bits per heavy atom. The number of carbonyl (C=O) groups excluding carboxylic acids is 1. The number of nitrogens with zero attached hydrogens (tertiary/aromatic N) is 2. The summed E-state index contributed by atoms with van der Waals surface area (Å²) in [4.78, 5) is 16.5. The lowest BCUT2D eigenvalue weighted by atomic mass is 10.2. The lowest BCUT2D eigenvalue weighted by Crippen LogP contribution is -2.42.